The van der Waals surface area contributed by atoms with Crippen molar-refractivity contribution in [3.05, 3.63) is 119 Å². The Morgan fingerprint density at radius 3 is 2.27 bits per heavy atom. The van der Waals surface area contributed by atoms with E-state index in [1.807, 2.05) is 24.0 Å². The fourth-order valence-corrected chi connectivity index (χ4v) is 6.15. The first kappa shape index (κ1) is 32.2. The molecule has 1 aliphatic rings. The molecule has 1 heterocycles. The quantitative estimate of drug-likeness (QED) is 0.242. The summed E-state index contributed by atoms with van der Waals surface area (Å²) in [6, 6.07) is 22.4. The fraction of sp³-hybridized carbons (Fsp3) is 0.333. The molecule has 1 saturated heterocycles. The van der Waals surface area contributed by atoms with Gasteiger partial charge >= 0.3 is 0 Å². The molecule has 2 N–H and O–H groups in total. The Bertz CT molecular complexity index is 1630. The van der Waals surface area contributed by atoms with E-state index in [1.54, 1.807) is 19.2 Å². The second-order valence-electron chi connectivity index (χ2n) is 11.6. The highest BCUT2D eigenvalue weighted by molar-refractivity contribution is 5.85. The largest absolute Gasteiger partial charge is 0.358 e. The van der Waals surface area contributed by atoms with Gasteiger partial charge < -0.3 is 15.5 Å². The predicted octanol–water partition coefficient (Wildman–Crippen LogP) is 5.24. The van der Waals surface area contributed by atoms with Gasteiger partial charge in [-0.15, -0.1) is 0 Å². The summed E-state index contributed by atoms with van der Waals surface area (Å²) in [5.74, 6) is -1.97. The highest BCUT2D eigenvalue weighted by Crippen LogP contribution is 2.22. The SMILES string of the molecule is CCC1CN(C(Cc2ccc3ccccc3c2)C(=O)NC)CCN1C(=O)C(Cc1ccc(F)cc1)NCc1ccc(F)cc1F. The molecule has 0 aromatic heterocycles. The van der Waals surface area contributed by atoms with Crippen molar-refractivity contribution < 1.29 is 22.8 Å². The van der Waals surface area contributed by atoms with Gasteiger partial charge in [-0.3, -0.25) is 14.5 Å². The van der Waals surface area contributed by atoms with Gasteiger partial charge in [-0.1, -0.05) is 67.6 Å². The van der Waals surface area contributed by atoms with E-state index in [4.69, 9.17) is 0 Å². The van der Waals surface area contributed by atoms with Crippen LogP contribution in [0.15, 0.2) is 84.9 Å². The summed E-state index contributed by atoms with van der Waals surface area (Å²) < 4.78 is 41.5. The normalized spacial score (nSPS) is 16.8. The average Bonchev–Trinajstić information content (AvgIpc) is 3.06. The molecule has 45 heavy (non-hydrogen) atoms. The summed E-state index contributed by atoms with van der Waals surface area (Å²) in [6.45, 7) is 3.47. The van der Waals surface area contributed by atoms with E-state index >= 15 is 0 Å². The third kappa shape index (κ3) is 7.90. The summed E-state index contributed by atoms with van der Waals surface area (Å²) in [5, 5.41) is 8.27. The third-order valence-electron chi connectivity index (χ3n) is 8.71. The van der Waals surface area contributed by atoms with Gasteiger partial charge in [0.2, 0.25) is 11.8 Å². The first-order valence-electron chi connectivity index (χ1n) is 15.4. The van der Waals surface area contributed by atoms with E-state index in [0.29, 0.717) is 32.5 Å². The molecule has 0 aliphatic carbocycles. The maximum absolute atomic E-state index is 14.4. The van der Waals surface area contributed by atoms with E-state index in [2.05, 4.69) is 45.9 Å². The molecule has 0 spiro atoms. The lowest BCUT2D eigenvalue weighted by Crippen LogP contribution is -2.62. The summed E-state index contributed by atoms with van der Waals surface area (Å²) in [4.78, 5) is 31.3. The number of hydrogen-bond acceptors (Lipinski definition) is 4. The molecule has 236 valence electrons. The van der Waals surface area contributed by atoms with Crippen molar-refractivity contribution in [2.24, 2.45) is 0 Å². The number of carbonyl (C=O) groups is 2. The molecule has 3 atom stereocenters. The number of benzene rings is 4. The molecule has 1 fully saturated rings. The van der Waals surface area contributed by atoms with Gasteiger partial charge in [0.1, 0.15) is 17.5 Å². The highest BCUT2D eigenvalue weighted by Gasteiger charge is 2.37. The van der Waals surface area contributed by atoms with Crippen LogP contribution in [0.4, 0.5) is 13.2 Å². The van der Waals surface area contributed by atoms with Crippen molar-refractivity contribution in [1.82, 2.24) is 20.4 Å². The van der Waals surface area contributed by atoms with Gasteiger partial charge in [0.05, 0.1) is 12.1 Å². The Hall–Kier alpha value is -4.21. The zero-order valence-corrected chi connectivity index (χ0v) is 25.6. The number of likely N-dealkylation sites (N-methyl/N-ethyl adjacent to an activating group) is 1. The zero-order valence-electron chi connectivity index (χ0n) is 25.6. The second kappa shape index (κ2) is 14.7. The highest BCUT2D eigenvalue weighted by atomic mass is 19.1. The molecule has 6 nitrogen and oxygen atoms in total. The number of carbonyl (C=O) groups excluding carboxylic acids is 2. The van der Waals surface area contributed by atoms with Crippen LogP contribution in [0.25, 0.3) is 10.8 Å². The molecule has 0 radical (unpaired) electrons. The lowest BCUT2D eigenvalue weighted by molar-refractivity contribution is -0.140. The molecule has 1 aliphatic heterocycles. The lowest BCUT2D eigenvalue weighted by Gasteiger charge is -2.45. The molecule has 0 saturated carbocycles. The third-order valence-corrected chi connectivity index (χ3v) is 8.71. The van der Waals surface area contributed by atoms with Crippen molar-refractivity contribution in [1.29, 1.82) is 0 Å². The number of halogens is 3. The molecular weight excluding hydrogens is 577 g/mol. The molecule has 2 amide bonds. The molecule has 9 heteroatoms. The minimum absolute atomic E-state index is 0.0188. The van der Waals surface area contributed by atoms with Crippen LogP contribution in [0.5, 0.6) is 0 Å². The topological polar surface area (TPSA) is 64.7 Å². The molecule has 4 aromatic rings. The molecular formula is C36H39F3N4O2. The Morgan fingerprint density at radius 1 is 0.844 bits per heavy atom. The lowest BCUT2D eigenvalue weighted by atomic mass is 9.97. The van der Waals surface area contributed by atoms with Crippen LogP contribution in [0.1, 0.15) is 30.0 Å². The number of nitrogens with one attached hydrogen (secondary N) is 2. The van der Waals surface area contributed by atoms with E-state index in [-0.39, 0.29) is 42.2 Å². The summed E-state index contributed by atoms with van der Waals surface area (Å²) in [6.07, 6.45) is 1.48. The maximum Gasteiger partial charge on any atom is 0.240 e. The minimum Gasteiger partial charge on any atom is -0.358 e. The molecule has 4 aromatic carbocycles. The maximum atomic E-state index is 14.4. The van der Waals surface area contributed by atoms with Gasteiger partial charge in [0, 0.05) is 50.9 Å². The second-order valence-corrected chi connectivity index (χ2v) is 11.6. The average molecular weight is 617 g/mol. The van der Waals surface area contributed by atoms with Crippen LogP contribution in [0, 0.1) is 17.5 Å². The van der Waals surface area contributed by atoms with Crippen molar-refractivity contribution in [2.75, 3.05) is 26.7 Å². The Labute approximate surface area is 262 Å². The zero-order chi connectivity index (χ0) is 31.9. The number of hydrogen-bond donors (Lipinski definition) is 2. The van der Waals surface area contributed by atoms with Gasteiger partial charge in [-0.25, -0.2) is 13.2 Å². The summed E-state index contributed by atoms with van der Waals surface area (Å²) in [7, 11) is 1.64. The van der Waals surface area contributed by atoms with E-state index in [9.17, 15) is 22.8 Å². The van der Waals surface area contributed by atoms with Gasteiger partial charge in [0.15, 0.2) is 0 Å². The van der Waals surface area contributed by atoms with Crippen molar-refractivity contribution >= 4 is 22.6 Å². The van der Waals surface area contributed by atoms with Crippen molar-refractivity contribution in [3.8, 4) is 0 Å². The number of fused-ring (bicyclic) bond motifs is 1. The summed E-state index contributed by atoms with van der Waals surface area (Å²) >= 11 is 0. The van der Waals surface area contributed by atoms with Crippen LogP contribution in [-0.4, -0.2) is 66.4 Å². The van der Waals surface area contributed by atoms with E-state index in [0.717, 1.165) is 28.0 Å². The van der Waals surface area contributed by atoms with Crippen molar-refractivity contribution in [3.63, 3.8) is 0 Å². The van der Waals surface area contributed by atoms with Crippen LogP contribution in [0.3, 0.4) is 0 Å². The molecule has 0 bridgehead atoms. The van der Waals surface area contributed by atoms with Crippen LogP contribution < -0.4 is 10.6 Å². The smallest absolute Gasteiger partial charge is 0.240 e. The Balaban J connectivity index is 1.33. The summed E-state index contributed by atoms with van der Waals surface area (Å²) in [5.41, 5.74) is 2.06. The van der Waals surface area contributed by atoms with Gasteiger partial charge in [-0.05, 0) is 59.4 Å². The van der Waals surface area contributed by atoms with E-state index < -0.39 is 23.7 Å². The standard InChI is InChI=1S/C36H39F3N4O2/c1-3-31-23-42(34(35(44)40-2)20-25-8-11-26-6-4-5-7-27(26)18-25)16-17-43(31)36(45)33(19-24-9-13-29(37)14-10-24)41-22-28-12-15-30(38)21-32(28)39/h4-15,18,21,31,33-34,41H,3,16-17,19-20,22-23H2,1-2H3,(H,40,44). The Morgan fingerprint density at radius 2 is 1.56 bits per heavy atom. The predicted molar refractivity (Wildman–Crippen MR) is 170 cm³/mol. The first-order valence-corrected chi connectivity index (χ1v) is 15.4. The molecule has 5 rings (SSSR count). The van der Waals surface area contributed by atoms with Gasteiger partial charge in [-0.2, -0.15) is 0 Å². The van der Waals surface area contributed by atoms with Crippen molar-refractivity contribution in [2.45, 2.75) is 50.9 Å². The van der Waals surface area contributed by atoms with Gasteiger partial charge in [0.25, 0.3) is 0 Å². The number of amides is 2. The van der Waals surface area contributed by atoms with Crippen LogP contribution in [-0.2, 0) is 29.0 Å². The van der Waals surface area contributed by atoms with Crippen LogP contribution >= 0.6 is 0 Å². The number of piperazine rings is 1. The van der Waals surface area contributed by atoms with E-state index in [1.165, 1.54) is 24.3 Å². The minimum atomic E-state index is -0.729. The fourth-order valence-electron chi connectivity index (χ4n) is 6.15. The monoisotopic (exact) mass is 616 g/mol. The number of nitrogens with zero attached hydrogens (tertiary/aromatic N) is 2. The van der Waals surface area contributed by atoms with Crippen LogP contribution in [0.2, 0.25) is 0 Å². The molecule has 3 unspecified atom stereocenters. The number of rotatable bonds is 11. The Kier molecular flexibility index (Phi) is 10.5. The first-order chi connectivity index (χ1) is 21.7.